The van der Waals surface area contributed by atoms with E-state index >= 15 is 0 Å². The fourth-order valence-corrected chi connectivity index (χ4v) is 1.66. The van der Waals surface area contributed by atoms with Crippen LogP contribution in [0.15, 0.2) is 18.2 Å². The first-order valence-electron chi connectivity index (χ1n) is 6.24. The first kappa shape index (κ1) is 15.0. The van der Waals surface area contributed by atoms with Crippen LogP contribution >= 0.6 is 0 Å². The number of benzene rings is 1. The van der Waals surface area contributed by atoms with Gasteiger partial charge in [0.05, 0.1) is 12.7 Å². The van der Waals surface area contributed by atoms with E-state index in [1.807, 2.05) is 25.1 Å². The Hall–Kier alpha value is -1.10. The molecule has 0 fully saturated rings. The second kappa shape index (κ2) is 8.08. The predicted octanol–water partition coefficient (Wildman–Crippen LogP) is 1.49. The minimum atomic E-state index is -0.459. The zero-order valence-corrected chi connectivity index (χ0v) is 11.4. The van der Waals surface area contributed by atoms with Crippen molar-refractivity contribution in [3.8, 4) is 5.75 Å². The summed E-state index contributed by atoms with van der Waals surface area (Å²) < 4.78 is 10.7. The van der Waals surface area contributed by atoms with Crippen LogP contribution in [0.1, 0.15) is 18.1 Å². The third-order valence-corrected chi connectivity index (χ3v) is 2.56. The third-order valence-electron chi connectivity index (χ3n) is 2.56. The van der Waals surface area contributed by atoms with Crippen LogP contribution in [0.5, 0.6) is 5.75 Å². The van der Waals surface area contributed by atoms with Crippen molar-refractivity contribution in [2.75, 3.05) is 26.9 Å². The molecule has 0 aliphatic carbocycles. The summed E-state index contributed by atoms with van der Waals surface area (Å²) >= 11 is 0. The molecule has 2 N–H and O–H groups in total. The molecule has 4 nitrogen and oxygen atoms in total. The first-order valence-corrected chi connectivity index (χ1v) is 6.24. The van der Waals surface area contributed by atoms with Gasteiger partial charge in [-0.3, -0.25) is 0 Å². The molecule has 0 heterocycles. The van der Waals surface area contributed by atoms with E-state index in [2.05, 4.69) is 5.32 Å². The summed E-state index contributed by atoms with van der Waals surface area (Å²) in [6.07, 6.45) is -0.459. The van der Waals surface area contributed by atoms with Crippen molar-refractivity contribution in [1.29, 1.82) is 0 Å². The Kier molecular flexibility index (Phi) is 6.72. The Balaban J connectivity index is 2.61. The third kappa shape index (κ3) is 5.04. The van der Waals surface area contributed by atoms with Crippen molar-refractivity contribution in [3.63, 3.8) is 0 Å². The predicted molar refractivity (Wildman–Crippen MR) is 71.9 cm³/mol. The Morgan fingerprint density at radius 2 is 2.17 bits per heavy atom. The maximum atomic E-state index is 9.28. The first-order chi connectivity index (χ1) is 8.65. The Labute approximate surface area is 109 Å². The largest absolute Gasteiger partial charge is 0.490 e. The van der Waals surface area contributed by atoms with Gasteiger partial charge in [0.15, 0.2) is 0 Å². The Morgan fingerprint density at radius 1 is 1.39 bits per heavy atom. The standard InChI is InChI=1S/C14H23NO3/c1-11-5-4-6-13(9-15-7-8-17-3)14(11)18-10-12(2)16/h4-6,12,15-16H,7-10H2,1-3H3. The number of rotatable bonds is 8. The lowest BCUT2D eigenvalue weighted by Crippen LogP contribution is -2.20. The molecular formula is C14H23NO3. The molecule has 1 aromatic carbocycles. The van der Waals surface area contributed by atoms with E-state index in [-0.39, 0.29) is 0 Å². The Bertz CT molecular complexity index is 353. The fraction of sp³-hybridized carbons (Fsp3) is 0.571. The van der Waals surface area contributed by atoms with Gasteiger partial charge >= 0.3 is 0 Å². The fourth-order valence-electron chi connectivity index (χ4n) is 1.66. The summed E-state index contributed by atoms with van der Waals surface area (Å²) in [4.78, 5) is 0. The van der Waals surface area contributed by atoms with Gasteiger partial charge < -0.3 is 19.9 Å². The van der Waals surface area contributed by atoms with E-state index in [4.69, 9.17) is 9.47 Å². The van der Waals surface area contributed by atoms with Crippen molar-refractivity contribution in [1.82, 2.24) is 5.32 Å². The molecule has 0 aliphatic rings. The van der Waals surface area contributed by atoms with Crippen LogP contribution in [0, 0.1) is 6.92 Å². The van der Waals surface area contributed by atoms with Crippen molar-refractivity contribution >= 4 is 0 Å². The number of para-hydroxylation sites is 1. The molecule has 0 aromatic heterocycles. The molecule has 1 unspecified atom stereocenters. The van der Waals surface area contributed by atoms with Gasteiger partial charge in [-0.25, -0.2) is 0 Å². The van der Waals surface area contributed by atoms with Gasteiger partial charge in [0.2, 0.25) is 0 Å². The number of nitrogens with one attached hydrogen (secondary N) is 1. The van der Waals surface area contributed by atoms with Crippen LogP contribution in [0.25, 0.3) is 0 Å². The molecule has 0 amide bonds. The number of methoxy groups -OCH3 is 1. The lowest BCUT2D eigenvalue weighted by Gasteiger charge is -2.15. The second-order valence-corrected chi connectivity index (χ2v) is 4.39. The average molecular weight is 253 g/mol. The molecule has 0 aliphatic heterocycles. The van der Waals surface area contributed by atoms with Gasteiger partial charge in [0.25, 0.3) is 0 Å². The normalized spacial score (nSPS) is 12.4. The van der Waals surface area contributed by atoms with Gasteiger partial charge in [0.1, 0.15) is 12.4 Å². The van der Waals surface area contributed by atoms with Crippen LogP contribution in [0.4, 0.5) is 0 Å². The summed E-state index contributed by atoms with van der Waals surface area (Å²) in [6, 6.07) is 6.05. The molecule has 0 radical (unpaired) electrons. The summed E-state index contributed by atoms with van der Waals surface area (Å²) in [7, 11) is 1.69. The monoisotopic (exact) mass is 253 g/mol. The number of ether oxygens (including phenoxy) is 2. The quantitative estimate of drug-likeness (QED) is 0.689. The van der Waals surface area contributed by atoms with E-state index < -0.39 is 6.10 Å². The zero-order chi connectivity index (χ0) is 13.4. The molecule has 102 valence electrons. The van der Waals surface area contributed by atoms with E-state index in [0.717, 1.165) is 30.0 Å². The van der Waals surface area contributed by atoms with Gasteiger partial charge in [0, 0.05) is 25.8 Å². The maximum absolute atomic E-state index is 9.28. The van der Waals surface area contributed by atoms with Gasteiger partial charge in [-0.2, -0.15) is 0 Å². The summed E-state index contributed by atoms with van der Waals surface area (Å²) in [5, 5.41) is 12.6. The van der Waals surface area contributed by atoms with E-state index in [1.165, 1.54) is 0 Å². The number of aliphatic hydroxyl groups excluding tert-OH is 1. The minimum absolute atomic E-state index is 0.315. The molecule has 1 rings (SSSR count). The molecule has 18 heavy (non-hydrogen) atoms. The van der Waals surface area contributed by atoms with Crippen molar-refractivity contribution < 1.29 is 14.6 Å². The highest BCUT2D eigenvalue weighted by atomic mass is 16.5. The number of aliphatic hydroxyl groups is 1. The van der Waals surface area contributed by atoms with Crippen LogP contribution in [-0.2, 0) is 11.3 Å². The highest BCUT2D eigenvalue weighted by molar-refractivity contribution is 5.40. The molecule has 1 aromatic rings. The van der Waals surface area contributed by atoms with E-state index in [9.17, 15) is 5.11 Å². The van der Waals surface area contributed by atoms with Crippen LogP contribution in [0.3, 0.4) is 0 Å². The molecule has 4 heteroatoms. The zero-order valence-electron chi connectivity index (χ0n) is 11.4. The molecule has 0 spiro atoms. The smallest absolute Gasteiger partial charge is 0.126 e. The van der Waals surface area contributed by atoms with Gasteiger partial charge in [-0.15, -0.1) is 0 Å². The Morgan fingerprint density at radius 3 is 2.83 bits per heavy atom. The maximum Gasteiger partial charge on any atom is 0.126 e. The molecule has 0 bridgehead atoms. The van der Waals surface area contributed by atoms with Gasteiger partial charge in [-0.05, 0) is 19.4 Å². The molecular weight excluding hydrogens is 230 g/mol. The van der Waals surface area contributed by atoms with Crippen LogP contribution in [0.2, 0.25) is 0 Å². The van der Waals surface area contributed by atoms with Gasteiger partial charge in [-0.1, -0.05) is 18.2 Å². The van der Waals surface area contributed by atoms with Crippen molar-refractivity contribution in [2.24, 2.45) is 0 Å². The van der Waals surface area contributed by atoms with E-state index in [0.29, 0.717) is 13.2 Å². The number of aryl methyl sites for hydroxylation is 1. The van der Waals surface area contributed by atoms with Crippen LogP contribution in [-0.4, -0.2) is 38.1 Å². The number of hydrogen-bond acceptors (Lipinski definition) is 4. The average Bonchev–Trinajstić information content (AvgIpc) is 2.33. The molecule has 0 saturated heterocycles. The molecule has 0 saturated carbocycles. The summed E-state index contributed by atoms with van der Waals surface area (Å²) in [5.74, 6) is 0.864. The van der Waals surface area contributed by atoms with Crippen molar-refractivity contribution in [2.45, 2.75) is 26.5 Å². The lowest BCUT2D eigenvalue weighted by atomic mass is 10.1. The minimum Gasteiger partial charge on any atom is -0.490 e. The topological polar surface area (TPSA) is 50.7 Å². The summed E-state index contributed by atoms with van der Waals surface area (Å²) in [6.45, 7) is 6.27. The highest BCUT2D eigenvalue weighted by Gasteiger charge is 2.07. The van der Waals surface area contributed by atoms with Crippen molar-refractivity contribution in [3.05, 3.63) is 29.3 Å². The second-order valence-electron chi connectivity index (χ2n) is 4.39. The highest BCUT2D eigenvalue weighted by Crippen LogP contribution is 2.23. The SMILES string of the molecule is COCCNCc1cccc(C)c1OCC(C)O. The van der Waals surface area contributed by atoms with Crippen LogP contribution < -0.4 is 10.1 Å². The van der Waals surface area contributed by atoms with E-state index in [1.54, 1.807) is 14.0 Å². The molecule has 1 atom stereocenters. The lowest BCUT2D eigenvalue weighted by molar-refractivity contribution is 0.121. The summed E-state index contributed by atoms with van der Waals surface area (Å²) in [5.41, 5.74) is 2.19. The number of hydrogen-bond donors (Lipinski definition) is 2.